The Labute approximate surface area is 178 Å². The summed E-state index contributed by atoms with van der Waals surface area (Å²) in [7, 11) is -2.25. The first-order valence-corrected chi connectivity index (χ1v) is 11.4. The second-order valence-corrected chi connectivity index (χ2v) is 9.15. The van der Waals surface area contributed by atoms with Crippen LogP contribution < -0.4 is 9.47 Å². The van der Waals surface area contributed by atoms with E-state index in [4.69, 9.17) is 9.47 Å². The zero-order valence-corrected chi connectivity index (χ0v) is 18.7. The van der Waals surface area contributed by atoms with Gasteiger partial charge in [-0.1, -0.05) is 0 Å². The van der Waals surface area contributed by atoms with Gasteiger partial charge in [0.2, 0.25) is 10.0 Å². The molecule has 1 aliphatic rings. The summed E-state index contributed by atoms with van der Waals surface area (Å²) in [6.45, 7) is 7.40. The van der Waals surface area contributed by atoms with Gasteiger partial charge in [0, 0.05) is 31.7 Å². The summed E-state index contributed by atoms with van der Waals surface area (Å²) in [6.07, 6.45) is 0. The maximum atomic E-state index is 13.2. The lowest BCUT2D eigenvalue weighted by molar-refractivity contribution is 0.0697. The van der Waals surface area contributed by atoms with Gasteiger partial charge < -0.3 is 14.4 Å². The van der Waals surface area contributed by atoms with Crippen LogP contribution in [-0.2, 0) is 10.0 Å². The van der Waals surface area contributed by atoms with Gasteiger partial charge >= 0.3 is 0 Å². The third-order valence-corrected chi connectivity index (χ3v) is 7.26. The average molecular weight is 433 g/mol. The molecule has 1 fully saturated rings. The van der Waals surface area contributed by atoms with E-state index in [1.807, 2.05) is 20.8 Å². The molecule has 1 saturated heterocycles. The monoisotopic (exact) mass is 432 g/mol. The predicted molar refractivity (Wildman–Crippen MR) is 115 cm³/mol. The highest BCUT2D eigenvalue weighted by Gasteiger charge is 2.32. The molecule has 162 valence electrons. The molecule has 1 heterocycles. The molecule has 0 bridgehead atoms. The third-order valence-electron chi connectivity index (χ3n) is 5.34. The van der Waals surface area contributed by atoms with Gasteiger partial charge in [-0.05, 0) is 68.3 Å². The maximum Gasteiger partial charge on any atom is 0.253 e. The molecule has 0 aromatic heterocycles. The Balaban J connectivity index is 1.72. The van der Waals surface area contributed by atoms with Crippen LogP contribution in [0.5, 0.6) is 11.5 Å². The molecule has 30 heavy (non-hydrogen) atoms. The fourth-order valence-electron chi connectivity index (χ4n) is 3.44. The highest BCUT2D eigenvalue weighted by atomic mass is 32.2. The van der Waals surface area contributed by atoms with Crippen LogP contribution in [0, 0.1) is 13.8 Å². The lowest BCUT2D eigenvalue weighted by atomic mass is 10.1. The molecule has 1 amide bonds. The van der Waals surface area contributed by atoms with Crippen molar-refractivity contribution in [2.45, 2.75) is 25.7 Å². The Bertz CT molecular complexity index is 1010. The predicted octanol–water partition coefficient (Wildman–Crippen LogP) is 2.86. The number of ether oxygens (including phenoxy) is 2. The minimum absolute atomic E-state index is 0.112. The highest BCUT2D eigenvalue weighted by Crippen LogP contribution is 2.30. The number of sulfonamides is 1. The number of carbonyl (C=O) groups is 1. The van der Waals surface area contributed by atoms with Crippen molar-refractivity contribution in [3.63, 3.8) is 0 Å². The van der Waals surface area contributed by atoms with E-state index in [0.29, 0.717) is 36.8 Å². The molecule has 2 aromatic rings. The van der Waals surface area contributed by atoms with E-state index in [1.165, 1.54) is 11.4 Å². The Kier molecular flexibility index (Phi) is 6.67. The number of methoxy groups -OCH3 is 1. The van der Waals surface area contributed by atoms with Crippen molar-refractivity contribution >= 4 is 15.9 Å². The molecule has 0 spiro atoms. The quantitative estimate of drug-likeness (QED) is 0.702. The molecule has 3 rings (SSSR count). The van der Waals surface area contributed by atoms with E-state index in [0.717, 1.165) is 11.1 Å². The second kappa shape index (κ2) is 9.06. The van der Waals surface area contributed by atoms with Gasteiger partial charge in [0.05, 0.1) is 13.7 Å². The number of hydrogen-bond donors (Lipinski definition) is 0. The van der Waals surface area contributed by atoms with Gasteiger partial charge in [-0.2, -0.15) is 4.31 Å². The first-order valence-electron chi connectivity index (χ1n) is 9.95. The minimum atomic E-state index is -3.72. The Morgan fingerprint density at radius 1 is 1.00 bits per heavy atom. The van der Waals surface area contributed by atoms with Crippen LogP contribution in [0.1, 0.15) is 28.4 Å². The molecule has 0 N–H and O–H groups in total. The summed E-state index contributed by atoms with van der Waals surface area (Å²) >= 11 is 0. The lowest BCUT2D eigenvalue weighted by Gasteiger charge is -2.34. The third kappa shape index (κ3) is 4.44. The molecule has 7 nitrogen and oxygen atoms in total. The molecular weight excluding hydrogens is 404 g/mol. The van der Waals surface area contributed by atoms with Crippen LogP contribution in [0.3, 0.4) is 0 Å². The molecule has 0 radical (unpaired) electrons. The number of amides is 1. The van der Waals surface area contributed by atoms with Crippen LogP contribution in [0.25, 0.3) is 0 Å². The average Bonchev–Trinajstić information content (AvgIpc) is 2.75. The lowest BCUT2D eigenvalue weighted by Crippen LogP contribution is -2.50. The van der Waals surface area contributed by atoms with Crippen molar-refractivity contribution in [1.82, 2.24) is 9.21 Å². The zero-order chi connectivity index (χ0) is 21.9. The van der Waals surface area contributed by atoms with E-state index >= 15 is 0 Å². The molecule has 1 aliphatic heterocycles. The molecule has 0 aliphatic carbocycles. The number of hydrogen-bond acceptors (Lipinski definition) is 5. The molecular formula is C22H28N2O5S. The molecule has 0 atom stereocenters. The van der Waals surface area contributed by atoms with Crippen molar-refractivity contribution < 1.29 is 22.7 Å². The number of carbonyl (C=O) groups excluding carboxylic acids is 1. The van der Waals surface area contributed by atoms with Gasteiger partial charge in [0.25, 0.3) is 5.91 Å². The van der Waals surface area contributed by atoms with Gasteiger partial charge in [-0.3, -0.25) is 4.79 Å². The Morgan fingerprint density at radius 2 is 1.60 bits per heavy atom. The van der Waals surface area contributed by atoms with E-state index in [1.54, 1.807) is 41.3 Å². The molecule has 2 aromatic carbocycles. The van der Waals surface area contributed by atoms with E-state index in [9.17, 15) is 13.2 Å². The number of benzene rings is 2. The second-order valence-electron chi connectivity index (χ2n) is 7.24. The van der Waals surface area contributed by atoms with Gasteiger partial charge in [-0.25, -0.2) is 8.42 Å². The van der Waals surface area contributed by atoms with Crippen molar-refractivity contribution in [2.24, 2.45) is 0 Å². The van der Waals surface area contributed by atoms with Crippen molar-refractivity contribution in [2.75, 3.05) is 39.9 Å². The molecule has 8 heteroatoms. The summed E-state index contributed by atoms with van der Waals surface area (Å²) in [6, 6.07) is 10.4. The standard InChI is InChI=1S/C22H28N2O5S/c1-5-29-19-8-6-18(7-9-19)22(25)23-10-12-24(13-11-23)30(26,27)21-15-17(3)16(2)14-20(21)28-4/h6-9,14-15H,5,10-13H2,1-4H3. The number of rotatable bonds is 6. The van der Waals surface area contributed by atoms with Crippen LogP contribution in [0.2, 0.25) is 0 Å². The van der Waals surface area contributed by atoms with Crippen LogP contribution in [-0.4, -0.2) is 63.4 Å². The normalized spacial score (nSPS) is 15.1. The fraction of sp³-hybridized carbons (Fsp3) is 0.409. The first-order chi connectivity index (χ1) is 14.3. The highest BCUT2D eigenvalue weighted by molar-refractivity contribution is 7.89. The van der Waals surface area contributed by atoms with Gasteiger partial charge in [0.1, 0.15) is 16.4 Å². The first kappa shape index (κ1) is 22.1. The topological polar surface area (TPSA) is 76.2 Å². The van der Waals surface area contributed by atoms with Crippen LogP contribution in [0.15, 0.2) is 41.3 Å². The number of piperazine rings is 1. The van der Waals surface area contributed by atoms with Crippen LogP contribution in [0.4, 0.5) is 0 Å². The smallest absolute Gasteiger partial charge is 0.253 e. The van der Waals surface area contributed by atoms with E-state index in [-0.39, 0.29) is 23.9 Å². The van der Waals surface area contributed by atoms with Crippen molar-refractivity contribution in [3.8, 4) is 11.5 Å². The maximum absolute atomic E-state index is 13.2. The number of aryl methyl sites for hydroxylation is 2. The summed E-state index contributed by atoms with van der Waals surface area (Å²) in [4.78, 5) is 14.6. The van der Waals surface area contributed by atoms with Gasteiger partial charge in [0.15, 0.2) is 0 Å². The van der Waals surface area contributed by atoms with Gasteiger partial charge in [-0.15, -0.1) is 0 Å². The largest absolute Gasteiger partial charge is 0.495 e. The zero-order valence-electron chi connectivity index (χ0n) is 17.8. The Morgan fingerprint density at radius 3 is 2.17 bits per heavy atom. The van der Waals surface area contributed by atoms with Crippen molar-refractivity contribution in [1.29, 1.82) is 0 Å². The summed E-state index contributed by atoms with van der Waals surface area (Å²) < 4.78 is 38.6. The molecule has 0 saturated carbocycles. The summed E-state index contributed by atoms with van der Waals surface area (Å²) in [5.41, 5.74) is 2.42. The van der Waals surface area contributed by atoms with Crippen molar-refractivity contribution in [3.05, 3.63) is 53.1 Å². The van der Waals surface area contributed by atoms with Crippen LogP contribution >= 0.6 is 0 Å². The summed E-state index contributed by atoms with van der Waals surface area (Å²) in [5.74, 6) is 0.942. The molecule has 0 unspecified atom stereocenters. The minimum Gasteiger partial charge on any atom is -0.495 e. The number of nitrogens with zero attached hydrogens (tertiary/aromatic N) is 2. The Hall–Kier alpha value is -2.58. The summed E-state index contributed by atoms with van der Waals surface area (Å²) in [5, 5.41) is 0. The fourth-order valence-corrected chi connectivity index (χ4v) is 5.08. The SMILES string of the molecule is CCOc1ccc(C(=O)N2CCN(S(=O)(=O)c3cc(C)c(C)cc3OC)CC2)cc1. The van der Waals surface area contributed by atoms with E-state index in [2.05, 4.69) is 0 Å². The van der Waals surface area contributed by atoms with E-state index < -0.39 is 10.0 Å².